The Balaban J connectivity index is 1.84. The molecule has 0 unspecified atom stereocenters. The first-order valence-electron chi connectivity index (χ1n) is 7.61. The molecule has 8 heteroatoms. The van der Waals surface area contributed by atoms with Crippen LogP contribution in [0, 0.1) is 11.3 Å². The van der Waals surface area contributed by atoms with E-state index in [0.29, 0.717) is 23.7 Å². The average molecular weight is 345 g/mol. The Labute approximate surface area is 143 Å². The van der Waals surface area contributed by atoms with Gasteiger partial charge in [0, 0.05) is 19.2 Å². The minimum Gasteiger partial charge on any atom is -0.356 e. The van der Waals surface area contributed by atoms with Gasteiger partial charge < -0.3 is 16.4 Å². The second-order valence-electron chi connectivity index (χ2n) is 5.39. The lowest BCUT2D eigenvalue weighted by Gasteiger charge is -2.12. The first kappa shape index (κ1) is 17.8. The number of amides is 2. The van der Waals surface area contributed by atoms with Gasteiger partial charge in [-0.05, 0) is 37.5 Å². The van der Waals surface area contributed by atoms with Gasteiger partial charge >= 0.3 is 0 Å². The molecule has 0 aliphatic rings. The number of nitrogens with two attached hydrogens (primary N) is 1. The van der Waals surface area contributed by atoms with E-state index in [9.17, 15) is 9.59 Å². The molecule has 24 heavy (non-hydrogen) atoms. The number of thiazole rings is 1. The van der Waals surface area contributed by atoms with Crippen LogP contribution in [0.15, 0.2) is 18.2 Å². The van der Waals surface area contributed by atoms with Crippen molar-refractivity contribution >= 4 is 39.1 Å². The summed E-state index contributed by atoms with van der Waals surface area (Å²) in [5.74, 6) is -0.311. The number of unbranched alkanes of at least 4 members (excludes halogenated alkanes) is 1. The van der Waals surface area contributed by atoms with Crippen LogP contribution in [0.25, 0.3) is 10.2 Å². The second kappa shape index (κ2) is 8.38. The average Bonchev–Trinajstić information content (AvgIpc) is 2.96. The lowest BCUT2D eigenvalue weighted by Crippen LogP contribution is -2.35. The molecule has 0 aliphatic carbocycles. The number of nitrogens with one attached hydrogen (secondary N) is 2. The number of rotatable bonds is 7. The van der Waals surface area contributed by atoms with Crippen molar-refractivity contribution in [3.05, 3.63) is 23.2 Å². The molecule has 2 aromatic rings. The number of carbonyl (C=O) groups excluding carboxylic acids is 2. The molecule has 4 N–H and O–H groups in total. The van der Waals surface area contributed by atoms with Gasteiger partial charge in [-0.1, -0.05) is 0 Å². The largest absolute Gasteiger partial charge is 0.356 e. The summed E-state index contributed by atoms with van der Waals surface area (Å²) in [7, 11) is 0. The third-order valence-corrected chi connectivity index (χ3v) is 4.33. The quantitative estimate of drug-likeness (QED) is 0.660. The minimum atomic E-state index is -0.603. The topological polar surface area (TPSA) is 121 Å². The molecule has 1 aromatic heterocycles. The van der Waals surface area contributed by atoms with Gasteiger partial charge in [0.1, 0.15) is 6.07 Å². The number of fused-ring (bicyclic) bond motifs is 1. The molecular formula is C16H19N5O2S. The maximum atomic E-state index is 12.1. The van der Waals surface area contributed by atoms with Crippen LogP contribution in [-0.4, -0.2) is 29.4 Å². The number of benzene rings is 1. The van der Waals surface area contributed by atoms with E-state index in [-0.39, 0.29) is 11.8 Å². The SMILES string of the molecule is CC(=O)NCCCC[C@H](N)C(=O)Nc1ccc2nc(C#N)sc2c1. The van der Waals surface area contributed by atoms with Crippen LogP contribution in [-0.2, 0) is 9.59 Å². The zero-order chi connectivity index (χ0) is 17.5. The van der Waals surface area contributed by atoms with Crippen molar-refractivity contribution < 1.29 is 9.59 Å². The van der Waals surface area contributed by atoms with Crippen molar-refractivity contribution in [3.8, 4) is 6.07 Å². The van der Waals surface area contributed by atoms with Gasteiger partial charge in [-0.15, -0.1) is 11.3 Å². The van der Waals surface area contributed by atoms with Crippen molar-refractivity contribution in [2.45, 2.75) is 32.2 Å². The van der Waals surface area contributed by atoms with E-state index in [2.05, 4.69) is 15.6 Å². The summed E-state index contributed by atoms with van der Waals surface area (Å²) >= 11 is 1.28. The molecule has 2 amide bonds. The Hall–Kier alpha value is -2.50. The van der Waals surface area contributed by atoms with Crippen LogP contribution < -0.4 is 16.4 Å². The van der Waals surface area contributed by atoms with Crippen molar-refractivity contribution in [2.75, 3.05) is 11.9 Å². The predicted octanol–water partition coefficient (Wildman–Crippen LogP) is 1.74. The highest BCUT2D eigenvalue weighted by molar-refractivity contribution is 7.19. The van der Waals surface area contributed by atoms with E-state index in [1.165, 1.54) is 18.3 Å². The highest BCUT2D eigenvalue weighted by Gasteiger charge is 2.14. The first-order valence-corrected chi connectivity index (χ1v) is 8.43. The molecule has 7 nitrogen and oxygen atoms in total. The molecule has 1 aromatic carbocycles. The predicted molar refractivity (Wildman–Crippen MR) is 93.5 cm³/mol. The number of anilines is 1. The lowest BCUT2D eigenvalue weighted by atomic mass is 10.1. The Morgan fingerprint density at radius 1 is 1.42 bits per heavy atom. The fraction of sp³-hybridized carbons (Fsp3) is 0.375. The number of carbonyl (C=O) groups is 2. The van der Waals surface area contributed by atoms with E-state index in [4.69, 9.17) is 11.0 Å². The van der Waals surface area contributed by atoms with Gasteiger partial charge in [-0.25, -0.2) is 4.98 Å². The highest BCUT2D eigenvalue weighted by Crippen LogP contribution is 2.25. The first-order chi connectivity index (χ1) is 11.5. The normalized spacial score (nSPS) is 11.7. The zero-order valence-electron chi connectivity index (χ0n) is 13.3. The zero-order valence-corrected chi connectivity index (χ0v) is 14.2. The maximum Gasteiger partial charge on any atom is 0.241 e. The Kier molecular flexibility index (Phi) is 6.23. The van der Waals surface area contributed by atoms with E-state index in [0.717, 1.165) is 23.1 Å². The molecule has 0 fully saturated rings. The molecule has 0 aliphatic heterocycles. The number of hydrogen-bond acceptors (Lipinski definition) is 6. The summed E-state index contributed by atoms with van der Waals surface area (Å²) in [6.07, 6.45) is 2.09. The molecule has 0 bridgehead atoms. The summed E-state index contributed by atoms with van der Waals surface area (Å²) in [6.45, 7) is 2.06. The summed E-state index contributed by atoms with van der Waals surface area (Å²) in [5.41, 5.74) is 7.26. The number of hydrogen-bond donors (Lipinski definition) is 3. The van der Waals surface area contributed by atoms with E-state index in [1.807, 2.05) is 6.07 Å². The Morgan fingerprint density at radius 3 is 2.92 bits per heavy atom. The Bertz CT molecular complexity index is 780. The minimum absolute atomic E-state index is 0.0601. The molecular weight excluding hydrogens is 326 g/mol. The second-order valence-corrected chi connectivity index (χ2v) is 6.42. The van der Waals surface area contributed by atoms with Gasteiger partial charge in [-0.3, -0.25) is 9.59 Å². The van der Waals surface area contributed by atoms with E-state index < -0.39 is 6.04 Å². The van der Waals surface area contributed by atoms with Gasteiger partial charge in [0.25, 0.3) is 0 Å². The van der Waals surface area contributed by atoms with Crippen LogP contribution >= 0.6 is 11.3 Å². The van der Waals surface area contributed by atoms with Crippen molar-refractivity contribution in [3.63, 3.8) is 0 Å². The molecule has 126 valence electrons. The fourth-order valence-electron chi connectivity index (χ4n) is 2.17. The van der Waals surface area contributed by atoms with Crippen LogP contribution in [0.4, 0.5) is 5.69 Å². The monoisotopic (exact) mass is 345 g/mol. The third kappa shape index (κ3) is 5.01. The third-order valence-electron chi connectivity index (χ3n) is 3.40. The van der Waals surface area contributed by atoms with Crippen LogP contribution in [0.2, 0.25) is 0 Å². The molecule has 1 atom stereocenters. The fourth-order valence-corrected chi connectivity index (χ4v) is 2.97. The molecule has 0 spiro atoms. The summed E-state index contributed by atoms with van der Waals surface area (Å²) < 4.78 is 0.841. The highest BCUT2D eigenvalue weighted by atomic mass is 32.1. The number of aromatic nitrogens is 1. The van der Waals surface area contributed by atoms with Gasteiger partial charge in [0.2, 0.25) is 11.8 Å². The van der Waals surface area contributed by atoms with Crippen LogP contribution in [0.5, 0.6) is 0 Å². The van der Waals surface area contributed by atoms with Crippen molar-refractivity contribution in [2.24, 2.45) is 5.73 Å². The summed E-state index contributed by atoms with van der Waals surface area (Å²) in [4.78, 5) is 27.0. The summed E-state index contributed by atoms with van der Waals surface area (Å²) in [6, 6.07) is 6.70. The van der Waals surface area contributed by atoms with Crippen LogP contribution in [0.1, 0.15) is 31.2 Å². The van der Waals surface area contributed by atoms with Crippen molar-refractivity contribution in [1.82, 2.24) is 10.3 Å². The maximum absolute atomic E-state index is 12.1. The Morgan fingerprint density at radius 2 is 2.21 bits per heavy atom. The number of nitrogens with zero attached hydrogens (tertiary/aromatic N) is 2. The standard InChI is InChI=1S/C16H19N5O2S/c1-10(22)19-7-3-2-4-12(18)16(23)20-11-5-6-13-14(8-11)24-15(9-17)21-13/h5-6,8,12H,2-4,7,18H2,1H3,(H,19,22)(H,20,23)/t12-/m0/s1. The van der Waals surface area contributed by atoms with Crippen molar-refractivity contribution in [1.29, 1.82) is 5.26 Å². The van der Waals surface area contributed by atoms with E-state index in [1.54, 1.807) is 18.2 Å². The molecule has 1 heterocycles. The molecule has 0 radical (unpaired) electrons. The smallest absolute Gasteiger partial charge is 0.241 e. The molecule has 0 saturated heterocycles. The lowest BCUT2D eigenvalue weighted by molar-refractivity contribution is -0.119. The molecule has 2 rings (SSSR count). The molecule has 0 saturated carbocycles. The van der Waals surface area contributed by atoms with Gasteiger partial charge in [0.05, 0.1) is 16.3 Å². The van der Waals surface area contributed by atoms with Gasteiger partial charge in [0.15, 0.2) is 5.01 Å². The number of nitriles is 1. The van der Waals surface area contributed by atoms with E-state index >= 15 is 0 Å². The van der Waals surface area contributed by atoms with Crippen LogP contribution in [0.3, 0.4) is 0 Å². The summed E-state index contributed by atoms with van der Waals surface area (Å²) in [5, 5.41) is 14.7. The van der Waals surface area contributed by atoms with Gasteiger partial charge in [-0.2, -0.15) is 5.26 Å².